The van der Waals surface area contributed by atoms with E-state index in [1.165, 1.54) is 4.90 Å². The van der Waals surface area contributed by atoms with E-state index in [0.717, 1.165) is 11.1 Å². The van der Waals surface area contributed by atoms with Gasteiger partial charge in [0.05, 0.1) is 37.2 Å². The van der Waals surface area contributed by atoms with Crippen LogP contribution in [0.15, 0.2) is 18.2 Å². The second kappa shape index (κ2) is 9.30. The van der Waals surface area contributed by atoms with E-state index >= 15 is 0 Å². The lowest BCUT2D eigenvalue weighted by Gasteiger charge is -2.37. The van der Waals surface area contributed by atoms with Crippen molar-refractivity contribution in [1.82, 2.24) is 4.90 Å². The fraction of sp³-hybridized carbons (Fsp3) is 0.654. The van der Waals surface area contributed by atoms with Crippen LogP contribution in [-0.2, 0) is 23.9 Å². The minimum absolute atomic E-state index is 0.198. The van der Waals surface area contributed by atoms with E-state index in [1.807, 2.05) is 45.9 Å². The van der Waals surface area contributed by atoms with Gasteiger partial charge in [-0.3, -0.25) is 14.4 Å². The number of fused-ring (bicyclic) bond motifs is 1. The van der Waals surface area contributed by atoms with Crippen molar-refractivity contribution < 1.29 is 29.0 Å². The molecule has 2 bridgehead atoms. The molecule has 3 aliphatic rings. The molecule has 8 heteroatoms. The third kappa shape index (κ3) is 3.81. The van der Waals surface area contributed by atoms with Gasteiger partial charge in [-0.1, -0.05) is 32.0 Å². The first kappa shape index (κ1) is 24.7. The molecule has 0 saturated carbocycles. The van der Waals surface area contributed by atoms with Crippen LogP contribution in [0.5, 0.6) is 0 Å². The lowest BCUT2D eigenvalue weighted by Crippen LogP contribution is -2.56. The van der Waals surface area contributed by atoms with E-state index in [2.05, 4.69) is 5.32 Å². The molecule has 0 radical (unpaired) electrons. The van der Waals surface area contributed by atoms with Crippen LogP contribution in [0.3, 0.4) is 0 Å². The molecule has 34 heavy (non-hydrogen) atoms. The maximum absolute atomic E-state index is 13.9. The van der Waals surface area contributed by atoms with E-state index in [0.29, 0.717) is 24.9 Å². The van der Waals surface area contributed by atoms with Gasteiger partial charge in [0.2, 0.25) is 11.8 Å². The number of nitrogens with one attached hydrogen (secondary N) is 1. The Morgan fingerprint density at radius 1 is 1.29 bits per heavy atom. The van der Waals surface area contributed by atoms with Crippen LogP contribution < -0.4 is 5.32 Å². The average molecular weight is 473 g/mol. The van der Waals surface area contributed by atoms with Gasteiger partial charge in [-0.2, -0.15) is 0 Å². The summed E-state index contributed by atoms with van der Waals surface area (Å²) in [5, 5.41) is 13.3. The molecular formula is C26H36N2O6. The zero-order valence-corrected chi connectivity index (χ0v) is 20.7. The highest BCUT2D eigenvalue weighted by atomic mass is 16.6. The van der Waals surface area contributed by atoms with Crippen LogP contribution in [0, 0.1) is 31.6 Å². The molecule has 0 unspecified atom stereocenters. The van der Waals surface area contributed by atoms with Crippen molar-refractivity contribution in [3.05, 3.63) is 29.3 Å². The van der Waals surface area contributed by atoms with Gasteiger partial charge in [0.25, 0.3) is 0 Å². The molecule has 1 aromatic carbocycles. The highest BCUT2D eigenvalue weighted by Crippen LogP contribution is 2.59. The monoisotopic (exact) mass is 472 g/mol. The molecule has 1 spiro atoms. The van der Waals surface area contributed by atoms with Crippen molar-refractivity contribution in [2.45, 2.75) is 77.7 Å². The van der Waals surface area contributed by atoms with Crippen LogP contribution in [0.25, 0.3) is 0 Å². The van der Waals surface area contributed by atoms with Crippen LogP contribution in [0.4, 0.5) is 5.69 Å². The predicted octanol–water partition coefficient (Wildman–Crippen LogP) is 2.59. The molecule has 186 valence electrons. The molecule has 3 fully saturated rings. The molecule has 6 atom stereocenters. The van der Waals surface area contributed by atoms with Gasteiger partial charge in [-0.05, 0) is 57.1 Å². The molecule has 0 aromatic heterocycles. The number of ether oxygens (including phenoxy) is 2. The molecule has 3 aliphatic heterocycles. The SMILES string of the molecule is CCOC(=O)[C@@H]1[C@H]2C(=O)N([C@@H](CO)CC(C)C)[C@H](C(=O)Nc3c(C)cccc3C)[C@]23CC[C@H]1O3. The van der Waals surface area contributed by atoms with Gasteiger partial charge in [0.15, 0.2) is 0 Å². The van der Waals surface area contributed by atoms with Crippen LogP contribution >= 0.6 is 0 Å². The Hall–Kier alpha value is -2.45. The number of carbonyl (C=O) groups excluding carboxylic acids is 3. The number of carbonyl (C=O) groups is 3. The Morgan fingerprint density at radius 2 is 1.97 bits per heavy atom. The zero-order valence-electron chi connectivity index (χ0n) is 20.7. The number of nitrogens with zero attached hydrogens (tertiary/aromatic N) is 1. The molecular weight excluding hydrogens is 436 g/mol. The standard InChI is InChI=1S/C26H36N2O6/c1-6-33-25(32)19-18-10-11-26(34-18)20(19)24(31)28(17(13-29)12-14(2)3)22(26)23(30)27-21-15(4)8-7-9-16(21)5/h7-9,14,17-20,22,29H,6,10-13H2,1-5H3,(H,27,30)/t17-,18-,19+,20+,22-,26+/m1/s1. The number of amides is 2. The maximum Gasteiger partial charge on any atom is 0.312 e. The summed E-state index contributed by atoms with van der Waals surface area (Å²) in [6.07, 6.45) is 1.18. The van der Waals surface area contributed by atoms with Crippen molar-refractivity contribution >= 4 is 23.5 Å². The Labute approximate surface area is 201 Å². The first-order valence-electron chi connectivity index (χ1n) is 12.3. The van der Waals surface area contributed by atoms with Gasteiger partial charge in [-0.25, -0.2) is 0 Å². The second-order valence-corrected chi connectivity index (χ2v) is 10.3. The third-order valence-corrected chi connectivity index (χ3v) is 7.62. The predicted molar refractivity (Wildman–Crippen MR) is 126 cm³/mol. The first-order chi connectivity index (χ1) is 16.2. The number of anilines is 1. The van der Waals surface area contributed by atoms with E-state index in [4.69, 9.17) is 9.47 Å². The zero-order chi connectivity index (χ0) is 24.8. The summed E-state index contributed by atoms with van der Waals surface area (Å²) in [4.78, 5) is 42.2. The van der Waals surface area contributed by atoms with Crippen molar-refractivity contribution in [3.8, 4) is 0 Å². The Morgan fingerprint density at radius 3 is 2.56 bits per heavy atom. The number of rotatable bonds is 8. The smallest absolute Gasteiger partial charge is 0.312 e. The summed E-state index contributed by atoms with van der Waals surface area (Å²) in [5.41, 5.74) is 1.43. The summed E-state index contributed by atoms with van der Waals surface area (Å²) in [5.74, 6) is -2.43. The summed E-state index contributed by atoms with van der Waals surface area (Å²) >= 11 is 0. The lowest BCUT2D eigenvalue weighted by molar-refractivity contribution is -0.155. The number of aliphatic hydroxyl groups is 1. The van der Waals surface area contributed by atoms with Gasteiger partial charge >= 0.3 is 5.97 Å². The minimum atomic E-state index is -1.11. The van der Waals surface area contributed by atoms with Crippen molar-refractivity contribution in [1.29, 1.82) is 0 Å². The first-order valence-corrected chi connectivity index (χ1v) is 12.3. The van der Waals surface area contributed by atoms with E-state index in [1.54, 1.807) is 6.92 Å². The number of hydrogen-bond donors (Lipinski definition) is 2. The van der Waals surface area contributed by atoms with Gasteiger partial charge in [0, 0.05) is 5.69 Å². The molecule has 8 nitrogen and oxygen atoms in total. The van der Waals surface area contributed by atoms with Crippen molar-refractivity contribution in [2.24, 2.45) is 17.8 Å². The molecule has 2 N–H and O–H groups in total. The maximum atomic E-state index is 13.9. The van der Waals surface area contributed by atoms with Gasteiger partial charge in [-0.15, -0.1) is 0 Å². The second-order valence-electron chi connectivity index (χ2n) is 10.3. The van der Waals surface area contributed by atoms with Gasteiger partial charge in [0.1, 0.15) is 11.6 Å². The highest BCUT2D eigenvalue weighted by molar-refractivity contribution is 6.04. The number of aryl methyl sites for hydroxylation is 2. The number of esters is 1. The quantitative estimate of drug-likeness (QED) is 0.564. The van der Waals surface area contributed by atoms with Crippen LogP contribution in [0.2, 0.25) is 0 Å². The molecule has 2 amide bonds. The average Bonchev–Trinajstić information content (AvgIpc) is 3.42. The highest BCUT2D eigenvalue weighted by Gasteiger charge is 2.75. The molecule has 3 heterocycles. The Balaban J connectivity index is 1.77. The van der Waals surface area contributed by atoms with Crippen LogP contribution in [0.1, 0.15) is 51.2 Å². The molecule has 0 aliphatic carbocycles. The largest absolute Gasteiger partial charge is 0.466 e. The van der Waals surface area contributed by atoms with Crippen molar-refractivity contribution in [3.63, 3.8) is 0 Å². The number of likely N-dealkylation sites (tertiary alicyclic amines) is 1. The van der Waals surface area contributed by atoms with Gasteiger partial charge < -0.3 is 24.8 Å². The Kier molecular flexibility index (Phi) is 6.75. The molecule has 4 rings (SSSR count). The third-order valence-electron chi connectivity index (χ3n) is 7.62. The fourth-order valence-electron chi connectivity index (χ4n) is 6.31. The number of hydrogen-bond acceptors (Lipinski definition) is 6. The summed E-state index contributed by atoms with van der Waals surface area (Å²) in [6.45, 7) is 9.54. The van der Waals surface area contributed by atoms with E-state index in [-0.39, 0.29) is 30.9 Å². The number of aliphatic hydroxyl groups excluding tert-OH is 1. The van der Waals surface area contributed by atoms with Crippen LogP contribution in [-0.4, -0.2) is 64.8 Å². The van der Waals surface area contributed by atoms with Crippen molar-refractivity contribution in [2.75, 3.05) is 18.5 Å². The topological polar surface area (TPSA) is 105 Å². The summed E-state index contributed by atoms with van der Waals surface area (Å²) in [7, 11) is 0. The molecule has 1 aromatic rings. The summed E-state index contributed by atoms with van der Waals surface area (Å²) in [6, 6.07) is 4.28. The lowest BCUT2D eigenvalue weighted by atomic mass is 9.70. The fourth-order valence-corrected chi connectivity index (χ4v) is 6.31. The number of benzene rings is 1. The normalized spacial score (nSPS) is 30.6. The van der Waals surface area contributed by atoms with E-state index in [9.17, 15) is 19.5 Å². The minimum Gasteiger partial charge on any atom is -0.466 e. The van der Waals surface area contributed by atoms with E-state index < -0.39 is 41.6 Å². The number of para-hydroxylation sites is 1. The Bertz CT molecular complexity index is 958. The summed E-state index contributed by atoms with van der Waals surface area (Å²) < 4.78 is 11.7. The molecule has 3 saturated heterocycles.